The molecule has 1 aromatic carbocycles. The number of aliphatic hydroxyl groups is 1. The molecule has 2 saturated heterocycles. The molecule has 0 saturated carbocycles. The summed E-state index contributed by atoms with van der Waals surface area (Å²) in [7, 11) is -2.96. The lowest BCUT2D eigenvalue weighted by molar-refractivity contribution is 0.0247. The van der Waals surface area contributed by atoms with Gasteiger partial charge in [-0.2, -0.15) is 0 Å². The highest BCUT2D eigenvalue weighted by molar-refractivity contribution is 7.93. The van der Waals surface area contributed by atoms with Crippen LogP contribution >= 0.6 is 0 Å². The van der Waals surface area contributed by atoms with E-state index in [2.05, 4.69) is 0 Å². The second-order valence-electron chi connectivity index (χ2n) is 6.06. The molecule has 0 amide bonds. The van der Waals surface area contributed by atoms with E-state index < -0.39 is 15.4 Å². The highest BCUT2D eigenvalue weighted by atomic mass is 32.2. The molecule has 4 heteroatoms. The zero-order valence-electron chi connectivity index (χ0n) is 11.4. The first kappa shape index (κ1) is 13.8. The smallest absolute Gasteiger partial charge is 0.156 e. The van der Waals surface area contributed by atoms with Crippen LogP contribution in [0.4, 0.5) is 0 Å². The maximum Gasteiger partial charge on any atom is 0.156 e. The van der Waals surface area contributed by atoms with Crippen LogP contribution in [0.1, 0.15) is 37.7 Å². The Morgan fingerprint density at radius 3 is 2.35 bits per heavy atom. The Labute approximate surface area is 120 Å². The van der Waals surface area contributed by atoms with Gasteiger partial charge in [0.05, 0.1) is 16.1 Å². The molecule has 20 heavy (non-hydrogen) atoms. The number of benzene rings is 1. The van der Waals surface area contributed by atoms with E-state index >= 15 is 0 Å². The number of hydrogen-bond acceptors (Lipinski definition) is 3. The van der Waals surface area contributed by atoms with E-state index in [9.17, 15) is 13.5 Å². The molecule has 2 aliphatic rings. The standard InChI is InChI=1S/C16H20O3S/c17-16(10-4-7-13-5-2-1-3-6-13)11-14-8-9-15(12-16)20(14,18)19/h1-7,14-15,17H,8-12H2/b7-4+. The fourth-order valence-corrected chi connectivity index (χ4v) is 6.04. The average Bonchev–Trinajstić information content (AvgIpc) is 2.60. The summed E-state index contributed by atoms with van der Waals surface area (Å²) >= 11 is 0. The first-order valence-electron chi connectivity index (χ1n) is 7.16. The summed E-state index contributed by atoms with van der Waals surface area (Å²) in [5, 5.41) is 10.0. The van der Waals surface area contributed by atoms with Gasteiger partial charge in [-0.1, -0.05) is 42.5 Å². The van der Waals surface area contributed by atoms with E-state index in [1.165, 1.54) is 0 Å². The summed E-state index contributed by atoms with van der Waals surface area (Å²) in [6.07, 6.45) is 6.71. The normalized spacial score (nSPS) is 35.5. The van der Waals surface area contributed by atoms with Gasteiger partial charge < -0.3 is 5.11 Å². The summed E-state index contributed by atoms with van der Waals surface area (Å²) in [5.74, 6) is 0. The molecule has 1 N–H and O–H groups in total. The van der Waals surface area contributed by atoms with Crippen molar-refractivity contribution in [1.82, 2.24) is 0 Å². The molecular weight excluding hydrogens is 272 g/mol. The Hall–Kier alpha value is -1.13. The summed E-state index contributed by atoms with van der Waals surface area (Å²) in [6, 6.07) is 9.93. The van der Waals surface area contributed by atoms with Crippen LogP contribution in [-0.2, 0) is 9.84 Å². The van der Waals surface area contributed by atoms with E-state index in [-0.39, 0.29) is 10.5 Å². The Kier molecular flexibility index (Phi) is 3.46. The van der Waals surface area contributed by atoms with Gasteiger partial charge in [-0.3, -0.25) is 0 Å². The van der Waals surface area contributed by atoms with E-state index in [0.29, 0.717) is 19.3 Å². The molecule has 2 unspecified atom stereocenters. The minimum absolute atomic E-state index is 0.323. The predicted molar refractivity (Wildman–Crippen MR) is 80.0 cm³/mol. The van der Waals surface area contributed by atoms with Crippen molar-refractivity contribution in [2.24, 2.45) is 0 Å². The second kappa shape index (κ2) is 5.01. The third-order valence-corrected chi connectivity index (χ3v) is 7.23. The van der Waals surface area contributed by atoms with E-state index in [4.69, 9.17) is 0 Å². The fourth-order valence-electron chi connectivity index (χ4n) is 3.49. The highest BCUT2D eigenvalue weighted by Gasteiger charge is 2.51. The highest BCUT2D eigenvalue weighted by Crippen LogP contribution is 2.44. The summed E-state index contributed by atoms with van der Waals surface area (Å²) in [5.41, 5.74) is 0.255. The van der Waals surface area contributed by atoms with Crippen molar-refractivity contribution in [3.63, 3.8) is 0 Å². The van der Waals surface area contributed by atoms with Gasteiger partial charge in [0.25, 0.3) is 0 Å². The van der Waals surface area contributed by atoms with Crippen LogP contribution in [-0.4, -0.2) is 29.6 Å². The quantitative estimate of drug-likeness (QED) is 0.931. The number of hydrogen-bond donors (Lipinski definition) is 1. The Bertz CT molecular complexity index is 584. The van der Waals surface area contributed by atoms with Crippen LogP contribution in [0.5, 0.6) is 0 Å². The third-order valence-electron chi connectivity index (χ3n) is 4.56. The van der Waals surface area contributed by atoms with Gasteiger partial charge in [0.1, 0.15) is 0 Å². The molecule has 2 aliphatic heterocycles. The molecule has 0 aromatic heterocycles. The van der Waals surface area contributed by atoms with Crippen LogP contribution in [0.2, 0.25) is 0 Å². The average molecular weight is 292 g/mol. The van der Waals surface area contributed by atoms with Gasteiger partial charge >= 0.3 is 0 Å². The maximum atomic E-state index is 12.0. The molecule has 0 spiro atoms. The van der Waals surface area contributed by atoms with Crippen molar-refractivity contribution in [1.29, 1.82) is 0 Å². The van der Waals surface area contributed by atoms with Crippen molar-refractivity contribution < 1.29 is 13.5 Å². The third kappa shape index (κ3) is 2.54. The van der Waals surface area contributed by atoms with Gasteiger partial charge in [0.15, 0.2) is 9.84 Å². The summed E-state index contributed by atoms with van der Waals surface area (Å²) < 4.78 is 24.1. The van der Waals surface area contributed by atoms with Crippen LogP contribution in [0.15, 0.2) is 36.4 Å². The predicted octanol–water partition coefficient (Wildman–Crippen LogP) is 2.56. The Balaban J connectivity index is 1.68. The van der Waals surface area contributed by atoms with Crippen LogP contribution in [0.3, 0.4) is 0 Å². The lowest BCUT2D eigenvalue weighted by Gasteiger charge is -2.35. The number of sulfone groups is 1. The van der Waals surface area contributed by atoms with Gasteiger partial charge in [-0.05, 0) is 37.7 Å². The maximum absolute atomic E-state index is 12.0. The van der Waals surface area contributed by atoms with E-state index in [1.807, 2.05) is 42.5 Å². The molecule has 2 atom stereocenters. The number of rotatable bonds is 3. The van der Waals surface area contributed by atoms with Crippen LogP contribution in [0, 0.1) is 0 Å². The van der Waals surface area contributed by atoms with Gasteiger partial charge in [-0.25, -0.2) is 8.42 Å². The van der Waals surface area contributed by atoms with Crippen molar-refractivity contribution in [3.8, 4) is 0 Å². The summed E-state index contributed by atoms with van der Waals surface area (Å²) in [6.45, 7) is 0. The monoisotopic (exact) mass is 292 g/mol. The number of fused-ring (bicyclic) bond motifs is 2. The molecule has 2 heterocycles. The SMILES string of the molecule is O=S1(=O)C2CCC1CC(O)(C/C=C/c1ccccc1)C2. The molecule has 3 nitrogen and oxygen atoms in total. The molecular formula is C16H20O3S. The van der Waals surface area contributed by atoms with Gasteiger partial charge in [0.2, 0.25) is 0 Å². The fraction of sp³-hybridized carbons (Fsp3) is 0.500. The van der Waals surface area contributed by atoms with Crippen molar-refractivity contribution in [3.05, 3.63) is 42.0 Å². The lowest BCUT2D eigenvalue weighted by atomic mass is 9.90. The molecule has 2 bridgehead atoms. The zero-order chi connectivity index (χ0) is 14.2. The largest absolute Gasteiger partial charge is 0.389 e. The minimum atomic E-state index is -2.96. The van der Waals surface area contributed by atoms with Crippen molar-refractivity contribution in [2.45, 2.75) is 48.2 Å². The van der Waals surface area contributed by atoms with Gasteiger partial charge in [-0.15, -0.1) is 0 Å². The Morgan fingerprint density at radius 2 is 1.75 bits per heavy atom. The minimum Gasteiger partial charge on any atom is -0.389 e. The van der Waals surface area contributed by atoms with Crippen LogP contribution < -0.4 is 0 Å². The second-order valence-corrected chi connectivity index (χ2v) is 8.57. The molecule has 0 aliphatic carbocycles. The molecule has 108 valence electrons. The van der Waals surface area contributed by atoms with Crippen LogP contribution in [0.25, 0.3) is 6.08 Å². The van der Waals surface area contributed by atoms with Crippen molar-refractivity contribution >= 4 is 15.9 Å². The summed E-state index contributed by atoms with van der Waals surface area (Å²) in [4.78, 5) is 0. The van der Waals surface area contributed by atoms with Gasteiger partial charge in [0, 0.05) is 0 Å². The Morgan fingerprint density at radius 1 is 1.15 bits per heavy atom. The van der Waals surface area contributed by atoms with Crippen molar-refractivity contribution in [2.75, 3.05) is 0 Å². The van der Waals surface area contributed by atoms with E-state index in [1.54, 1.807) is 0 Å². The first-order chi connectivity index (χ1) is 9.50. The molecule has 1 aromatic rings. The molecule has 3 rings (SSSR count). The molecule has 0 radical (unpaired) electrons. The lowest BCUT2D eigenvalue weighted by Crippen LogP contribution is -2.44. The topological polar surface area (TPSA) is 54.4 Å². The first-order valence-corrected chi connectivity index (χ1v) is 8.77. The molecule has 2 fully saturated rings. The van der Waals surface area contributed by atoms with E-state index in [0.717, 1.165) is 18.4 Å². The zero-order valence-corrected chi connectivity index (χ0v) is 12.2.